The van der Waals surface area contributed by atoms with Crippen molar-refractivity contribution in [2.24, 2.45) is 0 Å². The minimum Gasteiger partial charge on any atom is -0.462 e. The quantitative estimate of drug-likeness (QED) is 0.0281. The molecule has 0 aromatic carbocycles. The number of carbonyl (C=O) groups excluding carboxylic acids is 2. The number of unbranched alkanes of at least 4 members (excludes halogenated alkanes) is 24. The fourth-order valence-corrected chi connectivity index (χ4v) is 8.68. The van der Waals surface area contributed by atoms with E-state index in [-0.39, 0.29) is 12.1 Å². The van der Waals surface area contributed by atoms with Gasteiger partial charge in [0.15, 0.2) is 0 Å². The van der Waals surface area contributed by atoms with Crippen LogP contribution >= 0.6 is 11.9 Å². The molecule has 59 heavy (non-hydrogen) atoms. The lowest BCUT2D eigenvalue weighted by atomic mass is 10.0. The van der Waals surface area contributed by atoms with Gasteiger partial charge >= 0.3 is 5.97 Å². The van der Waals surface area contributed by atoms with E-state index in [1.165, 1.54) is 186 Å². The molecule has 1 aliphatic rings. The molecule has 7 nitrogen and oxygen atoms in total. The molecule has 1 unspecified atom stereocenters. The zero-order valence-electron chi connectivity index (χ0n) is 40.2. The van der Waals surface area contributed by atoms with E-state index in [9.17, 15) is 9.59 Å². The number of hydrogen-bond acceptors (Lipinski definition) is 8. The topological polar surface area (TPSA) is 77.1 Å². The van der Waals surface area contributed by atoms with Crippen molar-refractivity contribution < 1.29 is 23.8 Å². The monoisotopic (exact) mass is 855 g/mol. The number of esters is 1. The summed E-state index contributed by atoms with van der Waals surface area (Å²) in [6.07, 6.45) is 44.2. The lowest BCUT2D eigenvalue weighted by molar-refractivity contribution is -0.150. The third-order valence-electron chi connectivity index (χ3n) is 12.0. The third kappa shape index (κ3) is 42.4. The fourth-order valence-electron chi connectivity index (χ4n) is 7.85. The lowest BCUT2D eigenvalue weighted by Gasteiger charge is -2.26. The Hall–Kier alpha value is -0.670. The molecule has 0 aromatic rings. The lowest BCUT2D eigenvalue weighted by Crippen LogP contribution is -2.34. The minimum atomic E-state index is 0.0379. The number of nitrogens with zero attached hydrogens (tertiary/aromatic N) is 1. The first-order valence-electron chi connectivity index (χ1n) is 25.9. The van der Waals surface area contributed by atoms with Crippen LogP contribution in [0.3, 0.4) is 0 Å². The van der Waals surface area contributed by atoms with Crippen molar-refractivity contribution in [2.45, 2.75) is 270 Å². The standard InChI is InChI=1S/C39H76N2O4S.C12H26O/c1-3-5-7-9-14-20-27-37(28-21-15-10-8-6-4-2)45-39(43)29-22-16-13-18-24-32-41(31-23-17-11-12-19-25-34-42)33-26-30-40-46-38-35-44-36-38;1-4-6-7-8-9-10-11-12(5-2)13-3/h34,37-38,40H,3-33,35-36H2,1-2H3;12H,4-11H2,1-3H3. The molecule has 1 aliphatic heterocycles. The van der Waals surface area contributed by atoms with E-state index in [0.29, 0.717) is 24.2 Å². The highest BCUT2D eigenvalue weighted by atomic mass is 32.2. The van der Waals surface area contributed by atoms with E-state index in [1.54, 1.807) is 0 Å². The summed E-state index contributed by atoms with van der Waals surface area (Å²) in [5.41, 5.74) is 0. The molecule has 1 rings (SSSR count). The largest absolute Gasteiger partial charge is 0.462 e. The number of ether oxygens (including phenoxy) is 3. The molecule has 0 radical (unpaired) electrons. The summed E-state index contributed by atoms with van der Waals surface area (Å²) in [6.45, 7) is 15.3. The molecular weight excluding hydrogens is 753 g/mol. The van der Waals surface area contributed by atoms with Crippen LogP contribution < -0.4 is 4.72 Å². The number of nitrogens with one attached hydrogen (secondary N) is 1. The Balaban J connectivity index is 0.00000220. The van der Waals surface area contributed by atoms with Gasteiger partial charge in [-0.15, -0.1) is 0 Å². The van der Waals surface area contributed by atoms with Gasteiger partial charge in [-0.1, -0.05) is 181 Å². The van der Waals surface area contributed by atoms with Crippen LogP contribution in [0.2, 0.25) is 0 Å². The fraction of sp³-hybridized carbons (Fsp3) is 0.961. The highest BCUT2D eigenvalue weighted by molar-refractivity contribution is 7.98. The van der Waals surface area contributed by atoms with Crippen molar-refractivity contribution in [3.63, 3.8) is 0 Å². The smallest absolute Gasteiger partial charge is 0.306 e. The zero-order valence-corrected chi connectivity index (χ0v) is 41.0. The van der Waals surface area contributed by atoms with Crippen molar-refractivity contribution in [1.29, 1.82) is 0 Å². The molecule has 0 amide bonds. The summed E-state index contributed by atoms with van der Waals surface area (Å²) in [5.74, 6) is 0.0379. The van der Waals surface area contributed by atoms with Gasteiger partial charge in [0.05, 0.1) is 24.6 Å². The van der Waals surface area contributed by atoms with Crippen LogP contribution in [-0.4, -0.2) is 81.1 Å². The SMILES string of the molecule is CCCCCCCCC(CC)OC.CCCCCCCCC(CCCCCCCC)OC(=O)CCCCCCCN(CCCCCCCC=O)CCCNSC1COC1. The molecule has 1 saturated heterocycles. The second-order valence-corrected chi connectivity index (χ2v) is 18.8. The van der Waals surface area contributed by atoms with Gasteiger partial charge in [0.2, 0.25) is 0 Å². The third-order valence-corrected chi connectivity index (χ3v) is 13.0. The van der Waals surface area contributed by atoms with E-state index < -0.39 is 0 Å². The van der Waals surface area contributed by atoms with E-state index in [1.807, 2.05) is 19.1 Å². The van der Waals surface area contributed by atoms with Crippen molar-refractivity contribution >= 4 is 24.2 Å². The summed E-state index contributed by atoms with van der Waals surface area (Å²) < 4.78 is 20.2. The summed E-state index contributed by atoms with van der Waals surface area (Å²) in [4.78, 5) is 25.9. The van der Waals surface area contributed by atoms with Gasteiger partial charge in [-0.25, -0.2) is 0 Å². The molecule has 1 fully saturated rings. The number of aldehydes is 1. The van der Waals surface area contributed by atoms with Crippen molar-refractivity contribution in [3.05, 3.63) is 0 Å². The summed E-state index contributed by atoms with van der Waals surface area (Å²) in [5, 5.41) is 0.633. The Morgan fingerprint density at radius 3 is 1.51 bits per heavy atom. The first kappa shape index (κ1) is 58.3. The van der Waals surface area contributed by atoms with E-state index >= 15 is 0 Å². The average Bonchev–Trinajstić information content (AvgIpc) is 3.22. The normalized spacial score (nSPS) is 13.4. The minimum absolute atomic E-state index is 0.0379. The molecule has 1 atom stereocenters. The van der Waals surface area contributed by atoms with Crippen molar-refractivity contribution in [2.75, 3.05) is 46.5 Å². The molecule has 0 bridgehead atoms. The number of hydrogen-bond donors (Lipinski definition) is 1. The highest BCUT2D eigenvalue weighted by Crippen LogP contribution is 2.19. The van der Waals surface area contributed by atoms with Gasteiger partial charge in [-0.2, -0.15) is 0 Å². The van der Waals surface area contributed by atoms with Crippen LogP contribution in [0.4, 0.5) is 0 Å². The molecule has 352 valence electrons. The zero-order chi connectivity index (χ0) is 43.1. The Morgan fingerprint density at radius 1 is 0.610 bits per heavy atom. The van der Waals surface area contributed by atoms with Crippen molar-refractivity contribution in [1.82, 2.24) is 9.62 Å². The molecule has 1 N–H and O–H groups in total. The summed E-state index contributed by atoms with van der Waals surface area (Å²) >= 11 is 1.84. The van der Waals surface area contributed by atoms with Crippen LogP contribution in [0, 0.1) is 0 Å². The Labute approximate surface area is 372 Å². The number of methoxy groups -OCH3 is 1. The van der Waals surface area contributed by atoms with Gasteiger partial charge in [0.25, 0.3) is 0 Å². The Morgan fingerprint density at radius 2 is 1.05 bits per heavy atom. The molecule has 0 saturated carbocycles. The number of carbonyl (C=O) groups is 2. The highest BCUT2D eigenvalue weighted by Gasteiger charge is 2.18. The molecule has 0 aromatic heterocycles. The van der Waals surface area contributed by atoms with Crippen LogP contribution in [-0.2, 0) is 23.8 Å². The second kappa shape index (κ2) is 48.4. The Kier molecular flexibility index (Phi) is 47.8. The van der Waals surface area contributed by atoms with Crippen LogP contribution in [0.15, 0.2) is 0 Å². The molecule has 8 heteroatoms. The average molecular weight is 855 g/mol. The van der Waals surface area contributed by atoms with Gasteiger partial charge < -0.3 is 23.9 Å². The van der Waals surface area contributed by atoms with Gasteiger partial charge in [-0.05, 0) is 90.3 Å². The summed E-state index contributed by atoms with van der Waals surface area (Å²) in [7, 11) is 1.82. The molecular formula is C51H102N2O5S. The van der Waals surface area contributed by atoms with Gasteiger partial charge in [0, 0.05) is 26.5 Å². The van der Waals surface area contributed by atoms with Gasteiger partial charge in [-0.3, -0.25) is 9.52 Å². The molecule has 0 spiro atoms. The number of rotatable bonds is 46. The van der Waals surface area contributed by atoms with Crippen LogP contribution in [0.5, 0.6) is 0 Å². The van der Waals surface area contributed by atoms with Crippen molar-refractivity contribution in [3.8, 4) is 0 Å². The first-order chi connectivity index (χ1) is 29.0. The first-order valence-corrected chi connectivity index (χ1v) is 26.8. The second-order valence-electron chi connectivity index (χ2n) is 17.7. The maximum Gasteiger partial charge on any atom is 0.306 e. The molecule has 0 aliphatic carbocycles. The van der Waals surface area contributed by atoms with E-state index in [0.717, 1.165) is 71.1 Å². The maximum absolute atomic E-state index is 12.7. The van der Waals surface area contributed by atoms with Crippen LogP contribution in [0.25, 0.3) is 0 Å². The van der Waals surface area contributed by atoms with Gasteiger partial charge in [0.1, 0.15) is 12.4 Å². The van der Waals surface area contributed by atoms with E-state index in [4.69, 9.17) is 14.2 Å². The Bertz CT molecular complexity index is 827. The summed E-state index contributed by atoms with van der Waals surface area (Å²) in [6, 6.07) is 0. The predicted octanol–water partition coefficient (Wildman–Crippen LogP) is 14.8. The maximum atomic E-state index is 12.7. The molecule has 1 heterocycles. The van der Waals surface area contributed by atoms with Crippen LogP contribution in [0.1, 0.15) is 252 Å². The predicted molar refractivity (Wildman–Crippen MR) is 258 cm³/mol. The van der Waals surface area contributed by atoms with E-state index in [2.05, 4.69) is 37.3 Å².